The van der Waals surface area contributed by atoms with Gasteiger partial charge in [0.2, 0.25) is 17.7 Å². The molecule has 0 radical (unpaired) electrons. The number of para-hydroxylation sites is 2. The first-order valence-corrected chi connectivity index (χ1v) is 17.3. The zero-order valence-electron chi connectivity index (χ0n) is 27.4. The van der Waals surface area contributed by atoms with Crippen LogP contribution in [0.25, 0.3) is 21.8 Å². The third kappa shape index (κ3) is 6.63. The predicted octanol–water partition coefficient (Wildman–Crippen LogP) is 5.46. The van der Waals surface area contributed by atoms with Gasteiger partial charge < -0.3 is 25.6 Å². The molecular formula is C37H38N6O5S. The number of methoxy groups -OCH3 is 2. The topological polar surface area (TPSA) is 153 Å². The highest BCUT2D eigenvalue weighted by Gasteiger charge is 2.33. The Bertz CT molecular complexity index is 2070. The summed E-state index contributed by atoms with van der Waals surface area (Å²) < 4.78 is 10.7. The lowest BCUT2D eigenvalue weighted by Crippen LogP contribution is -2.41. The van der Waals surface area contributed by atoms with Gasteiger partial charge in [0.25, 0.3) is 5.91 Å². The van der Waals surface area contributed by atoms with Gasteiger partial charge in [0.1, 0.15) is 10.6 Å². The molecule has 12 heteroatoms. The first kappa shape index (κ1) is 32.8. The van der Waals surface area contributed by atoms with E-state index in [0.29, 0.717) is 54.0 Å². The SMILES string of the molecule is COc1ccc2cccc(CCC3(O)CCC(NCc4cnc5c(c4)N(c4cccc6cc(C(N)=O)c(OC)nc46)C(=O)CS5)CC3)c2n1. The van der Waals surface area contributed by atoms with E-state index >= 15 is 0 Å². The van der Waals surface area contributed by atoms with Gasteiger partial charge in [0.05, 0.1) is 48.0 Å². The van der Waals surface area contributed by atoms with Crippen LogP contribution in [0.3, 0.4) is 0 Å². The number of hydrogen-bond acceptors (Lipinski definition) is 10. The number of aliphatic hydroxyl groups is 1. The minimum atomic E-state index is -0.724. The molecule has 0 saturated heterocycles. The molecule has 3 aromatic heterocycles. The number of thioether (sulfide) groups is 1. The van der Waals surface area contributed by atoms with Crippen LogP contribution in [0, 0.1) is 0 Å². The molecule has 2 aliphatic rings. The van der Waals surface area contributed by atoms with E-state index in [1.165, 1.54) is 18.9 Å². The van der Waals surface area contributed by atoms with E-state index in [4.69, 9.17) is 20.2 Å². The van der Waals surface area contributed by atoms with Crippen molar-refractivity contribution in [2.75, 3.05) is 24.9 Å². The van der Waals surface area contributed by atoms with Gasteiger partial charge in [0, 0.05) is 35.6 Å². The summed E-state index contributed by atoms with van der Waals surface area (Å²) in [5.74, 6) is 0.190. The lowest BCUT2D eigenvalue weighted by molar-refractivity contribution is -0.115. The van der Waals surface area contributed by atoms with Crippen molar-refractivity contribution in [2.24, 2.45) is 5.73 Å². The number of anilines is 2. The summed E-state index contributed by atoms with van der Waals surface area (Å²) >= 11 is 1.41. The maximum Gasteiger partial charge on any atom is 0.254 e. The summed E-state index contributed by atoms with van der Waals surface area (Å²) in [6, 6.07) is 19.4. The summed E-state index contributed by atoms with van der Waals surface area (Å²) in [5, 5.41) is 17.6. The number of amides is 2. The van der Waals surface area contributed by atoms with E-state index in [1.807, 2.05) is 54.7 Å². The normalized spacial score (nSPS) is 19.2. The van der Waals surface area contributed by atoms with Crippen LogP contribution < -0.4 is 25.4 Å². The molecular weight excluding hydrogens is 641 g/mol. The minimum Gasteiger partial charge on any atom is -0.481 e. The van der Waals surface area contributed by atoms with Crippen LogP contribution in [0.1, 0.15) is 53.6 Å². The molecule has 7 rings (SSSR count). The summed E-state index contributed by atoms with van der Waals surface area (Å²) in [6.07, 6.45) is 6.40. The number of nitrogens with two attached hydrogens (primary N) is 1. The van der Waals surface area contributed by atoms with Crippen LogP contribution in [0.15, 0.2) is 71.9 Å². The average molecular weight is 679 g/mol. The smallest absolute Gasteiger partial charge is 0.254 e. The van der Waals surface area contributed by atoms with E-state index < -0.39 is 11.5 Å². The summed E-state index contributed by atoms with van der Waals surface area (Å²) in [5.41, 5.74) is 9.78. The quantitative estimate of drug-likeness (QED) is 0.174. The van der Waals surface area contributed by atoms with Crippen molar-refractivity contribution in [3.8, 4) is 11.8 Å². The van der Waals surface area contributed by atoms with E-state index in [9.17, 15) is 14.7 Å². The molecule has 0 bridgehead atoms. The highest BCUT2D eigenvalue weighted by Crippen LogP contribution is 2.42. The van der Waals surface area contributed by atoms with Crippen molar-refractivity contribution < 1.29 is 24.2 Å². The van der Waals surface area contributed by atoms with Gasteiger partial charge >= 0.3 is 0 Å². The van der Waals surface area contributed by atoms with Crippen LogP contribution >= 0.6 is 11.8 Å². The maximum absolute atomic E-state index is 13.4. The van der Waals surface area contributed by atoms with Crippen LogP contribution in [0.4, 0.5) is 11.4 Å². The van der Waals surface area contributed by atoms with E-state index in [1.54, 1.807) is 18.1 Å². The molecule has 4 N–H and O–H groups in total. The number of carbonyl (C=O) groups is 2. The Balaban J connectivity index is 1.03. The van der Waals surface area contributed by atoms with Crippen LogP contribution in [0.5, 0.6) is 11.8 Å². The fourth-order valence-corrected chi connectivity index (χ4v) is 7.68. The Labute approximate surface area is 288 Å². The zero-order chi connectivity index (χ0) is 34.1. The predicted molar refractivity (Wildman–Crippen MR) is 190 cm³/mol. The van der Waals surface area contributed by atoms with Crippen molar-refractivity contribution in [1.29, 1.82) is 0 Å². The Morgan fingerprint density at radius 1 is 1.02 bits per heavy atom. The number of aromatic nitrogens is 3. The molecule has 1 fully saturated rings. The summed E-state index contributed by atoms with van der Waals surface area (Å²) in [4.78, 5) is 41.1. The molecule has 252 valence electrons. The molecule has 1 saturated carbocycles. The van der Waals surface area contributed by atoms with Gasteiger partial charge in [-0.25, -0.2) is 15.0 Å². The highest BCUT2D eigenvalue weighted by molar-refractivity contribution is 8.00. The molecule has 11 nitrogen and oxygen atoms in total. The fourth-order valence-electron chi connectivity index (χ4n) is 6.87. The molecule has 2 aromatic carbocycles. The lowest BCUT2D eigenvalue weighted by atomic mass is 9.78. The third-order valence-electron chi connectivity index (χ3n) is 9.56. The van der Waals surface area contributed by atoms with Gasteiger partial charge in [0.15, 0.2) is 0 Å². The summed E-state index contributed by atoms with van der Waals surface area (Å²) in [7, 11) is 3.05. The van der Waals surface area contributed by atoms with E-state index in [-0.39, 0.29) is 29.1 Å². The van der Waals surface area contributed by atoms with E-state index in [0.717, 1.165) is 46.3 Å². The lowest BCUT2D eigenvalue weighted by Gasteiger charge is -2.36. The Hall–Kier alpha value is -4.78. The Kier molecular flexibility index (Phi) is 9.10. The Morgan fingerprint density at radius 2 is 1.82 bits per heavy atom. The second-order valence-electron chi connectivity index (χ2n) is 12.7. The van der Waals surface area contributed by atoms with Crippen LogP contribution in [0.2, 0.25) is 0 Å². The largest absolute Gasteiger partial charge is 0.481 e. The Morgan fingerprint density at radius 3 is 2.59 bits per heavy atom. The number of nitrogens with one attached hydrogen (secondary N) is 1. The molecule has 2 amide bonds. The number of fused-ring (bicyclic) bond motifs is 3. The second-order valence-corrected chi connectivity index (χ2v) is 13.6. The first-order chi connectivity index (χ1) is 23.7. The molecule has 5 aromatic rings. The van der Waals surface area contributed by atoms with Gasteiger partial charge in [-0.05, 0) is 73.9 Å². The van der Waals surface area contributed by atoms with Crippen LogP contribution in [-0.2, 0) is 17.8 Å². The number of rotatable bonds is 10. The molecule has 4 heterocycles. The number of hydrogen-bond donors (Lipinski definition) is 3. The minimum absolute atomic E-state index is 0.0957. The standard InChI is InChI=1S/C37H38N6O5S/c1-47-30-10-9-23-5-3-6-24(32(23)41-30)11-14-37(46)15-12-26(13-16-37)39-19-22-17-29-36(40-20-22)49-21-31(44)43(29)28-8-4-7-25-18-27(34(38)45)35(48-2)42-33(25)28/h3-10,17-18,20,26,39,46H,11-16,19,21H2,1-2H3,(H2,38,45). The number of nitrogens with zero attached hydrogens (tertiary/aromatic N) is 4. The van der Waals surface area contributed by atoms with Crippen molar-refractivity contribution in [3.05, 3.63) is 83.6 Å². The first-order valence-electron chi connectivity index (χ1n) is 16.4. The van der Waals surface area contributed by atoms with Gasteiger partial charge in [-0.2, -0.15) is 0 Å². The summed E-state index contributed by atoms with van der Waals surface area (Å²) in [6.45, 7) is 0.573. The van der Waals surface area contributed by atoms with Crippen LogP contribution in [-0.4, -0.2) is 63.5 Å². The van der Waals surface area contributed by atoms with Crippen molar-refractivity contribution in [2.45, 2.75) is 61.7 Å². The maximum atomic E-state index is 13.4. The molecule has 0 atom stereocenters. The highest BCUT2D eigenvalue weighted by atomic mass is 32.2. The van der Waals surface area contributed by atoms with Crippen molar-refractivity contribution in [3.63, 3.8) is 0 Å². The molecule has 0 spiro atoms. The van der Waals surface area contributed by atoms with Gasteiger partial charge in [-0.15, -0.1) is 0 Å². The number of aryl methyl sites for hydroxylation is 1. The number of primary amides is 1. The third-order valence-corrected chi connectivity index (χ3v) is 10.5. The monoisotopic (exact) mass is 678 g/mol. The van der Waals surface area contributed by atoms with Crippen molar-refractivity contribution in [1.82, 2.24) is 20.3 Å². The molecule has 1 aliphatic carbocycles. The molecule has 0 unspecified atom stereocenters. The fraction of sp³-hybridized carbons (Fsp3) is 0.324. The molecule has 1 aliphatic heterocycles. The van der Waals surface area contributed by atoms with Gasteiger partial charge in [-0.3, -0.25) is 14.5 Å². The van der Waals surface area contributed by atoms with E-state index in [2.05, 4.69) is 21.4 Å². The van der Waals surface area contributed by atoms with Gasteiger partial charge in [-0.1, -0.05) is 42.1 Å². The van der Waals surface area contributed by atoms with Crippen molar-refractivity contribution >= 4 is 56.8 Å². The second kappa shape index (κ2) is 13.6. The number of benzene rings is 2. The molecule has 49 heavy (non-hydrogen) atoms. The number of ether oxygens (including phenoxy) is 2. The number of carbonyl (C=O) groups excluding carboxylic acids is 2. The average Bonchev–Trinajstić information content (AvgIpc) is 3.12. The number of pyridine rings is 3. The zero-order valence-corrected chi connectivity index (χ0v) is 28.3.